The van der Waals surface area contributed by atoms with E-state index in [2.05, 4.69) is 31.1 Å². The first-order valence-corrected chi connectivity index (χ1v) is 10.1. The summed E-state index contributed by atoms with van der Waals surface area (Å²) in [7, 11) is 2.21. The molecule has 4 aliphatic carbocycles. The Morgan fingerprint density at radius 1 is 1.14 bits per heavy atom. The topological polar surface area (TPSA) is 21.3 Å². The van der Waals surface area contributed by atoms with Crippen LogP contribution in [0.3, 0.4) is 0 Å². The van der Waals surface area contributed by atoms with Gasteiger partial charge in [0.15, 0.2) is 0 Å². The Morgan fingerprint density at radius 3 is 2.24 bits per heavy atom. The van der Waals surface area contributed by atoms with Gasteiger partial charge in [-0.2, -0.15) is 11.8 Å². The molecule has 0 aromatic carbocycles. The average molecular weight is 310 g/mol. The van der Waals surface area contributed by atoms with Gasteiger partial charge in [-0.15, -0.1) is 0 Å². The Labute approximate surface area is 134 Å². The van der Waals surface area contributed by atoms with Crippen molar-refractivity contribution in [3.05, 3.63) is 0 Å². The summed E-state index contributed by atoms with van der Waals surface area (Å²) in [6, 6.07) is 0.726. The third-order valence-electron chi connectivity index (χ3n) is 6.96. The fraction of sp³-hybridized carbons (Fsp3) is 1.00. The number of ether oxygens (including phenoxy) is 1. The van der Waals surface area contributed by atoms with Crippen molar-refractivity contribution < 1.29 is 4.74 Å². The zero-order valence-electron chi connectivity index (χ0n) is 13.6. The fourth-order valence-corrected chi connectivity index (χ4v) is 7.89. The van der Waals surface area contributed by atoms with Crippen molar-refractivity contribution in [1.29, 1.82) is 0 Å². The Morgan fingerprint density at radius 2 is 1.76 bits per heavy atom. The maximum atomic E-state index is 5.74. The lowest BCUT2D eigenvalue weighted by molar-refractivity contribution is -0.0682. The maximum Gasteiger partial charge on any atom is 0.0666 e. The van der Waals surface area contributed by atoms with Crippen LogP contribution in [-0.2, 0) is 4.74 Å². The van der Waals surface area contributed by atoms with Crippen LogP contribution in [0.25, 0.3) is 0 Å². The normalized spacial score (nSPS) is 49.7. The summed E-state index contributed by atoms with van der Waals surface area (Å²) in [5.41, 5.74) is 0.638. The lowest BCUT2D eigenvalue weighted by Crippen LogP contribution is -2.56. The number of hydrogen-bond acceptors (Lipinski definition) is 3. The molecule has 4 bridgehead atoms. The second-order valence-electron chi connectivity index (χ2n) is 8.36. The summed E-state index contributed by atoms with van der Waals surface area (Å²) < 4.78 is 5.74. The second-order valence-corrected chi connectivity index (χ2v) is 9.63. The number of nitrogens with one attached hydrogen (secondary N) is 1. The highest BCUT2D eigenvalue weighted by Gasteiger charge is 2.53. The minimum atomic E-state index is 0.462. The molecule has 0 aromatic heterocycles. The lowest BCUT2D eigenvalue weighted by atomic mass is 9.48. The van der Waals surface area contributed by atoms with E-state index in [1.54, 1.807) is 19.3 Å². The van der Waals surface area contributed by atoms with Crippen molar-refractivity contribution in [3.8, 4) is 0 Å². The van der Waals surface area contributed by atoms with E-state index in [-0.39, 0.29) is 0 Å². The van der Waals surface area contributed by atoms with Gasteiger partial charge in [0.2, 0.25) is 0 Å². The van der Waals surface area contributed by atoms with E-state index < -0.39 is 0 Å². The highest BCUT2D eigenvalue weighted by Crippen LogP contribution is 2.61. The highest BCUT2D eigenvalue weighted by atomic mass is 32.2. The zero-order chi connectivity index (χ0) is 14.4. The van der Waals surface area contributed by atoms with Gasteiger partial charge in [0, 0.05) is 23.7 Å². The molecule has 1 N–H and O–H groups in total. The molecule has 0 amide bonds. The van der Waals surface area contributed by atoms with E-state index in [1.807, 2.05) is 0 Å². The standard InChI is InChI=1S/C18H31NOS/c1-12-16(3-4-20-12)21-11-17(19-2)18-8-13-5-14(9-18)7-15(6-13)10-18/h12-17,19H,3-11H2,1-2H3. The molecule has 1 aliphatic heterocycles. The summed E-state index contributed by atoms with van der Waals surface area (Å²) in [5, 5.41) is 4.47. The third-order valence-corrected chi connectivity index (χ3v) is 8.53. The SMILES string of the molecule is CNC(CSC1CCOC1C)C12CC3CC(CC(C3)C1)C2. The fourth-order valence-electron chi connectivity index (χ4n) is 6.32. The van der Waals surface area contributed by atoms with Crippen molar-refractivity contribution in [2.45, 2.75) is 69.3 Å². The van der Waals surface area contributed by atoms with Crippen molar-refractivity contribution in [2.24, 2.45) is 23.2 Å². The van der Waals surface area contributed by atoms with Crippen molar-refractivity contribution in [3.63, 3.8) is 0 Å². The summed E-state index contributed by atoms with van der Waals surface area (Å²) in [6.07, 6.45) is 10.9. The van der Waals surface area contributed by atoms with Crippen LogP contribution in [0.15, 0.2) is 0 Å². The van der Waals surface area contributed by atoms with Gasteiger partial charge in [0.25, 0.3) is 0 Å². The second kappa shape index (κ2) is 5.72. The van der Waals surface area contributed by atoms with Crippen LogP contribution in [0.5, 0.6) is 0 Å². The molecule has 3 atom stereocenters. The smallest absolute Gasteiger partial charge is 0.0666 e. The third kappa shape index (κ3) is 2.68. The van der Waals surface area contributed by atoms with Crippen LogP contribution in [0, 0.1) is 23.2 Å². The molecule has 5 aliphatic rings. The van der Waals surface area contributed by atoms with Gasteiger partial charge >= 0.3 is 0 Å². The molecule has 3 unspecified atom stereocenters. The van der Waals surface area contributed by atoms with E-state index in [4.69, 9.17) is 4.74 Å². The van der Waals surface area contributed by atoms with Crippen LogP contribution in [0.4, 0.5) is 0 Å². The van der Waals surface area contributed by atoms with Gasteiger partial charge in [-0.05, 0) is 82.1 Å². The molecule has 21 heavy (non-hydrogen) atoms. The molecular formula is C18H31NOS. The lowest BCUT2D eigenvalue weighted by Gasteiger charge is -2.59. The zero-order valence-corrected chi connectivity index (χ0v) is 14.5. The molecule has 4 saturated carbocycles. The summed E-state index contributed by atoms with van der Waals surface area (Å²) >= 11 is 2.19. The van der Waals surface area contributed by atoms with Crippen LogP contribution in [0.1, 0.15) is 51.9 Å². The van der Waals surface area contributed by atoms with E-state index in [9.17, 15) is 0 Å². The molecule has 120 valence electrons. The van der Waals surface area contributed by atoms with Gasteiger partial charge in [0.1, 0.15) is 0 Å². The van der Waals surface area contributed by atoms with Gasteiger partial charge in [-0.1, -0.05) is 0 Å². The Kier molecular flexibility index (Phi) is 4.04. The first kappa shape index (κ1) is 14.8. The summed E-state index contributed by atoms with van der Waals surface area (Å²) in [5.74, 6) is 4.48. The number of thioether (sulfide) groups is 1. The minimum absolute atomic E-state index is 0.462. The quantitative estimate of drug-likeness (QED) is 0.836. The number of rotatable bonds is 5. The average Bonchev–Trinajstić information content (AvgIpc) is 2.83. The molecule has 0 radical (unpaired) electrons. The molecule has 5 fully saturated rings. The van der Waals surface area contributed by atoms with Crippen molar-refractivity contribution in [2.75, 3.05) is 19.4 Å². The molecule has 1 saturated heterocycles. The van der Waals surface area contributed by atoms with E-state index in [1.165, 1.54) is 31.4 Å². The van der Waals surface area contributed by atoms with E-state index >= 15 is 0 Å². The van der Waals surface area contributed by atoms with Gasteiger partial charge < -0.3 is 10.1 Å². The predicted molar refractivity (Wildman–Crippen MR) is 89.7 cm³/mol. The molecular weight excluding hydrogens is 278 g/mol. The number of hydrogen-bond donors (Lipinski definition) is 1. The molecule has 1 heterocycles. The maximum absolute atomic E-state index is 5.74. The minimum Gasteiger partial charge on any atom is -0.377 e. The predicted octanol–water partition coefficient (Wildman–Crippen LogP) is 3.70. The van der Waals surface area contributed by atoms with Crippen LogP contribution >= 0.6 is 11.8 Å². The Balaban J connectivity index is 1.43. The van der Waals surface area contributed by atoms with Crippen LogP contribution < -0.4 is 5.32 Å². The first-order valence-electron chi connectivity index (χ1n) is 9.09. The Hall–Kier alpha value is 0.270. The van der Waals surface area contributed by atoms with E-state index in [0.717, 1.165) is 35.7 Å². The molecule has 5 rings (SSSR count). The van der Waals surface area contributed by atoms with Crippen LogP contribution in [0.2, 0.25) is 0 Å². The van der Waals surface area contributed by atoms with E-state index in [0.29, 0.717) is 11.5 Å². The van der Waals surface area contributed by atoms with Gasteiger partial charge in [0.05, 0.1) is 6.10 Å². The van der Waals surface area contributed by atoms with Crippen molar-refractivity contribution in [1.82, 2.24) is 5.32 Å². The summed E-state index contributed by atoms with van der Waals surface area (Å²) in [6.45, 7) is 3.23. The molecule has 0 aromatic rings. The Bertz CT molecular complexity index is 350. The molecule has 0 spiro atoms. The van der Waals surface area contributed by atoms with Gasteiger partial charge in [-0.25, -0.2) is 0 Å². The molecule has 2 nitrogen and oxygen atoms in total. The van der Waals surface area contributed by atoms with Gasteiger partial charge in [-0.3, -0.25) is 0 Å². The largest absolute Gasteiger partial charge is 0.377 e. The molecule has 3 heteroatoms. The first-order chi connectivity index (χ1) is 10.2. The monoisotopic (exact) mass is 309 g/mol. The van der Waals surface area contributed by atoms with Crippen LogP contribution in [-0.4, -0.2) is 36.8 Å². The highest BCUT2D eigenvalue weighted by molar-refractivity contribution is 8.00. The van der Waals surface area contributed by atoms with Crippen molar-refractivity contribution >= 4 is 11.8 Å². The summed E-state index contributed by atoms with van der Waals surface area (Å²) in [4.78, 5) is 0.